The van der Waals surface area contributed by atoms with Gasteiger partial charge in [-0.3, -0.25) is 4.57 Å². The first-order valence-electron chi connectivity index (χ1n) is 10.6. The molecule has 7 heteroatoms. The van der Waals surface area contributed by atoms with Gasteiger partial charge in [0.25, 0.3) is 0 Å². The van der Waals surface area contributed by atoms with Crippen molar-refractivity contribution >= 4 is 23.5 Å². The lowest BCUT2D eigenvalue weighted by Crippen LogP contribution is -2.15. The summed E-state index contributed by atoms with van der Waals surface area (Å²) < 4.78 is 17.8. The molecule has 0 amide bonds. The Morgan fingerprint density at radius 1 is 1.03 bits per heavy atom. The molecule has 166 valence electrons. The van der Waals surface area contributed by atoms with E-state index in [0.717, 1.165) is 45.5 Å². The summed E-state index contributed by atoms with van der Waals surface area (Å²) in [5.74, 6) is 0.923. The number of rotatable bonds is 13. The third-order valence-corrected chi connectivity index (χ3v) is 6.38. The number of ether oxygens (including phenoxy) is 1. The fourth-order valence-corrected chi connectivity index (χ4v) is 4.49. The highest BCUT2D eigenvalue weighted by Gasteiger charge is 2.11. The van der Waals surface area contributed by atoms with E-state index >= 15 is 0 Å². The molecule has 0 atom stereocenters. The van der Waals surface area contributed by atoms with Crippen LogP contribution >= 0.6 is 23.5 Å². The molecule has 0 saturated heterocycles. The van der Waals surface area contributed by atoms with Gasteiger partial charge >= 0.3 is 7.60 Å². The van der Waals surface area contributed by atoms with Crippen LogP contribution in [0.15, 0.2) is 40.9 Å². The summed E-state index contributed by atoms with van der Waals surface area (Å²) in [6.07, 6.45) is 5.14. The van der Waals surface area contributed by atoms with Crippen molar-refractivity contribution in [3.05, 3.63) is 52.0 Å². The van der Waals surface area contributed by atoms with E-state index in [0.29, 0.717) is 19.5 Å². The van der Waals surface area contributed by atoms with Gasteiger partial charge in [0.2, 0.25) is 0 Å². The monoisotopic (exact) mass is 497 g/mol. The minimum Gasteiger partial charge on any atom is -0.492 e. The third-order valence-electron chi connectivity index (χ3n) is 4.89. The molecule has 0 aliphatic heterocycles. The van der Waals surface area contributed by atoms with Gasteiger partial charge in [-0.1, -0.05) is 50.5 Å². The lowest BCUT2D eigenvalue weighted by Gasteiger charge is -2.14. The fourth-order valence-electron chi connectivity index (χ4n) is 3.24. The molecule has 0 unspecified atom stereocenters. The quantitative estimate of drug-likeness (QED) is 0.232. The van der Waals surface area contributed by atoms with Gasteiger partial charge < -0.3 is 19.8 Å². The van der Waals surface area contributed by atoms with Crippen LogP contribution in [0.2, 0.25) is 0 Å². The Morgan fingerprint density at radius 2 is 1.77 bits per heavy atom. The standard InChI is InChI=1S/C23H33BrNO4P/c1-3-4-5-6-13-29-23-18(2)15-21(16-22(23)24)20-10-8-19(9-11-20)17-25-12-7-14-30(26,27)28/h8-11,15-16,25H,3-7,12-14,17H2,1-2H3,(H2,26,27,28). The van der Waals surface area contributed by atoms with E-state index < -0.39 is 7.60 Å². The van der Waals surface area contributed by atoms with Gasteiger partial charge in [-0.25, -0.2) is 0 Å². The molecule has 0 heterocycles. The van der Waals surface area contributed by atoms with Gasteiger partial charge in [-0.2, -0.15) is 0 Å². The number of hydrogen-bond acceptors (Lipinski definition) is 3. The van der Waals surface area contributed by atoms with Gasteiger partial charge in [-0.05, 0) is 76.6 Å². The molecule has 0 bridgehead atoms. The molecule has 0 aliphatic rings. The Hall–Kier alpha value is -1.17. The van der Waals surface area contributed by atoms with E-state index in [4.69, 9.17) is 14.5 Å². The zero-order valence-electron chi connectivity index (χ0n) is 17.9. The van der Waals surface area contributed by atoms with Crippen molar-refractivity contribution in [2.24, 2.45) is 0 Å². The summed E-state index contributed by atoms with van der Waals surface area (Å²) in [5.41, 5.74) is 4.53. The molecular formula is C23H33BrNO4P. The maximum atomic E-state index is 10.9. The van der Waals surface area contributed by atoms with Gasteiger partial charge in [0.05, 0.1) is 17.2 Å². The molecule has 0 spiro atoms. The molecule has 0 aromatic heterocycles. The van der Waals surface area contributed by atoms with Crippen LogP contribution in [0.25, 0.3) is 11.1 Å². The highest BCUT2D eigenvalue weighted by Crippen LogP contribution is 2.35. The number of benzene rings is 2. The van der Waals surface area contributed by atoms with E-state index in [1.54, 1.807) is 0 Å². The molecule has 2 aromatic carbocycles. The minimum absolute atomic E-state index is 0.0778. The average molecular weight is 498 g/mol. The lowest BCUT2D eigenvalue weighted by molar-refractivity contribution is 0.301. The van der Waals surface area contributed by atoms with Gasteiger partial charge in [0.15, 0.2) is 0 Å². The number of nitrogens with one attached hydrogen (secondary N) is 1. The molecule has 30 heavy (non-hydrogen) atoms. The summed E-state index contributed by atoms with van der Waals surface area (Å²) in [6, 6.07) is 12.6. The molecule has 2 rings (SSSR count). The fraction of sp³-hybridized carbons (Fsp3) is 0.478. The Morgan fingerprint density at radius 3 is 2.40 bits per heavy atom. The predicted molar refractivity (Wildman–Crippen MR) is 127 cm³/mol. The second-order valence-electron chi connectivity index (χ2n) is 7.63. The van der Waals surface area contributed by atoms with Crippen LogP contribution in [0.5, 0.6) is 5.75 Å². The van der Waals surface area contributed by atoms with Crippen LogP contribution in [0.4, 0.5) is 0 Å². The second kappa shape index (κ2) is 12.6. The van der Waals surface area contributed by atoms with Crippen molar-refractivity contribution in [3.63, 3.8) is 0 Å². The topological polar surface area (TPSA) is 78.8 Å². The molecular weight excluding hydrogens is 465 g/mol. The predicted octanol–water partition coefficient (Wildman–Crippen LogP) is 6.04. The third kappa shape index (κ3) is 8.91. The van der Waals surface area contributed by atoms with Crippen LogP contribution < -0.4 is 10.1 Å². The van der Waals surface area contributed by atoms with E-state index in [2.05, 4.69) is 71.5 Å². The van der Waals surface area contributed by atoms with E-state index in [9.17, 15) is 4.57 Å². The summed E-state index contributed by atoms with van der Waals surface area (Å²) in [7, 11) is -3.89. The summed E-state index contributed by atoms with van der Waals surface area (Å²) in [4.78, 5) is 17.7. The average Bonchev–Trinajstić information content (AvgIpc) is 2.69. The smallest absolute Gasteiger partial charge is 0.325 e. The largest absolute Gasteiger partial charge is 0.492 e. The molecule has 5 nitrogen and oxygen atoms in total. The van der Waals surface area contributed by atoms with Crippen LogP contribution in [-0.4, -0.2) is 29.1 Å². The van der Waals surface area contributed by atoms with Gasteiger partial charge in [0.1, 0.15) is 5.75 Å². The first-order chi connectivity index (χ1) is 14.3. The van der Waals surface area contributed by atoms with Crippen molar-refractivity contribution in [2.75, 3.05) is 19.3 Å². The second-order valence-corrected chi connectivity index (χ2v) is 10.3. The van der Waals surface area contributed by atoms with Crippen molar-refractivity contribution in [2.45, 2.75) is 52.5 Å². The molecule has 2 aromatic rings. The van der Waals surface area contributed by atoms with Gasteiger partial charge in [-0.15, -0.1) is 0 Å². The minimum atomic E-state index is -3.89. The molecule has 3 N–H and O–H groups in total. The zero-order valence-corrected chi connectivity index (χ0v) is 20.3. The van der Waals surface area contributed by atoms with E-state index in [-0.39, 0.29) is 6.16 Å². The highest BCUT2D eigenvalue weighted by molar-refractivity contribution is 9.10. The first-order valence-corrected chi connectivity index (χ1v) is 13.2. The van der Waals surface area contributed by atoms with Crippen molar-refractivity contribution in [1.82, 2.24) is 5.32 Å². The summed E-state index contributed by atoms with van der Waals surface area (Å²) >= 11 is 3.66. The van der Waals surface area contributed by atoms with E-state index in [1.165, 1.54) is 19.3 Å². The Balaban J connectivity index is 1.90. The van der Waals surface area contributed by atoms with Crippen LogP contribution in [0, 0.1) is 6.92 Å². The Labute approximate surface area is 188 Å². The van der Waals surface area contributed by atoms with Crippen molar-refractivity contribution in [3.8, 4) is 16.9 Å². The van der Waals surface area contributed by atoms with Crippen LogP contribution in [-0.2, 0) is 11.1 Å². The normalized spacial score (nSPS) is 11.6. The lowest BCUT2D eigenvalue weighted by atomic mass is 10.0. The van der Waals surface area contributed by atoms with Gasteiger partial charge in [0, 0.05) is 6.54 Å². The van der Waals surface area contributed by atoms with E-state index in [1.807, 2.05) is 0 Å². The number of halogens is 1. The van der Waals surface area contributed by atoms with Crippen molar-refractivity contribution in [1.29, 1.82) is 0 Å². The Bertz CT molecular complexity index is 813. The van der Waals surface area contributed by atoms with Crippen molar-refractivity contribution < 1.29 is 19.1 Å². The number of hydrogen-bond donors (Lipinski definition) is 3. The number of unbranched alkanes of at least 4 members (excludes halogenated alkanes) is 3. The van der Waals surface area contributed by atoms with Crippen LogP contribution in [0.1, 0.15) is 50.2 Å². The summed E-state index contributed by atoms with van der Waals surface area (Å²) in [6.45, 7) is 6.29. The molecule has 0 fully saturated rings. The highest BCUT2D eigenvalue weighted by atomic mass is 79.9. The molecule has 0 radical (unpaired) electrons. The SMILES string of the molecule is CCCCCCOc1c(C)cc(-c2ccc(CNCCCP(=O)(O)O)cc2)cc1Br. The Kier molecular flexibility index (Phi) is 10.6. The summed E-state index contributed by atoms with van der Waals surface area (Å²) in [5, 5.41) is 3.22. The number of aryl methyl sites for hydroxylation is 1. The molecule has 0 saturated carbocycles. The maximum absolute atomic E-state index is 10.9. The first kappa shape index (κ1) is 25.1. The molecule has 0 aliphatic carbocycles. The van der Waals surface area contributed by atoms with Crippen LogP contribution in [0.3, 0.4) is 0 Å². The maximum Gasteiger partial charge on any atom is 0.325 e. The zero-order chi connectivity index (χ0) is 22.0.